The van der Waals surface area contributed by atoms with Crippen molar-refractivity contribution in [1.29, 1.82) is 0 Å². The summed E-state index contributed by atoms with van der Waals surface area (Å²) >= 11 is 0. The Kier molecular flexibility index (Phi) is 4.57. The lowest BCUT2D eigenvalue weighted by molar-refractivity contribution is 0.0911. The summed E-state index contributed by atoms with van der Waals surface area (Å²) < 4.78 is 20.4. The number of carbonyl (C=O) groups is 1. The third-order valence-corrected chi connectivity index (χ3v) is 3.89. The number of aryl methyl sites for hydroxylation is 1. The molecule has 1 aromatic heterocycles. The van der Waals surface area contributed by atoms with E-state index in [4.69, 9.17) is 4.74 Å². The predicted molar refractivity (Wildman–Crippen MR) is 83.4 cm³/mol. The molecule has 0 saturated carbocycles. The van der Waals surface area contributed by atoms with E-state index in [9.17, 15) is 9.18 Å². The largest absolute Gasteiger partial charge is 0.373 e. The summed E-state index contributed by atoms with van der Waals surface area (Å²) in [6.07, 6.45) is 2.49. The van der Waals surface area contributed by atoms with Gasteiger partial charge in [0.1, 0.15) is 5.82 Å². The molecule has 0 aliphatic carbocycles. The molecule has 2 aromatic rings. The fourth-order valence-electron chi connectivity index (χ4n) is 2.73. The summed E-state index contributed by atoms with van der Waals surface area (Å²) in [7, 11) is 1.78. The first kappa shape index (κ1) is 15.5. The Labute approximate surface area is 133 Å². The van der Waals surface area contributed by atoms with Crippen LogP contribution in [0.2, 0.25) is 0 Å². The highest BCUT2D eigenvalue weighted by atomic mass is 19.1. The number of carbonyl (C=O) groups excluding carboxylic acids is 1. The number of halogens is 1. The van der Waals surface area contributed by atoms with Crippen molar-refractivity contribution < 1.29 is 13.9 Å². The van der Waals surface area contributed by atoms with Crippen molar-refractivity contribution in [2.75, 3.05) is 18.5 Å². The van der Waals surface area contributed by atoms with E-state index in [1.54, 1.807) is 36.1 Å². The first-order valence-corrected chi connectivity index (χ1v) is 7.53. The van der Waals surface area contributed by atoms with E-state index < -0.39 is 0 Å². The van der Waals surface area contributed by atoms with Gasteiger partial charge in [-0.1, -0.05) is 12.1 Å². The van der Waals surface area contributed by atoms with Crippen LogP contribution in [0.5, 0.6) is 0 Å². The molecule has 1 saturated heterocycles. The maximum Gasteiger partial charge on any atom is 0.320 e. The summed E-state index contributed by atoms with van der Waals surface area (Å²) in [5, 5.41) is 9.60. The molecule has 23 heavy (non-hydrogen) atoms. The zero-order chi connectivity index (χ0) is 16.2. The maximum atomic E-state index is 13.0. The topological polar surface area (TPSA) is 68.2 Å². The monoisotopic (exact) mass is 318 g/mol. The van der Waals surface area contributed by atoms with Crippen molar-refractivity contribution in [3.8, 4) is 0 Å². The van der Waals surface area contributed by atoms with E-state index in [0.717, 1.165) is 12.0 Å². The third kappa shape index (κ3) is 3.87. The quantitative estimate of drug-likeness (QED) is 0.910. The highest BCUT2D eigenvalue weighted by Gasteiger charge is 2.29. The zero-order valence-electron chi connectivity index (χ0n) is 12.8. The number of nitrogens with zero attached hydrogens (tertiary/aromatic N) is 2. The van der Waals surface area contributed by atoms with Crippen LogP contribution in [0.25, 0.3) is 0 Å². The number of urea groups is 1. The van der Waals surface area contributed by atoms with Crippen molar-refractivity contribution in [3.05, 3.63) is 47.9 Å². The molecule has 6 nitrogen and oxygen atoms in total. The fraction of sp³-hybridized carbons (Fsp3) is 0.375. The van der Waals surface area contributed by atoms with Gasteiger partial charge in [0, 0.05) is 38.4 Å². The Morgan fingerprint density at radius 3 is 2.87 bits per heavy atom. The number of benzene rings is 1. The fourth-order valence-corrected chi connectivity index (χ4v) is 2.73. The highest BCUT2D eigenvalue weighted by molar-refractivity contribution is 5.88. The van der Waals surface area contributed by atoms with E-state index in [1.165, 1.54) is 12.1 Å². The van der Waals surface area contributed by atoms with Crippen LogP contribution in [0.15, 0.2) is 36.5 Å². The molecule has 1 aliphatic heterocycles. The molecule has 122 valence electrons. The number of nitrogens with one attached hydrogen (secondary N) is 2. The Hall–Kier alpha value is -2.41. The second kappa shape index (κ2) is 6.78. The van der Waals surface area contributed by atoms with E-state index in [-0.39, 0.29) is 23.9 Å². The minimum absolute atomic E-state index is 0.120. The number of amides is 2. The molecule has 2 N–H and O–H groups in total. The normalized spacial score (nSPS) is 20.4. The van der Waals surface area contributed by atoms with Gasteiger partial charge in [-0.25, -0.2) is 9.18 Å². The van der Waals surface area contributed by atoms with Crippen LogP contribution in [0.4, 0.5) is 15.0 Å². The summed E-state index contributed by atoms with van der Waals surface area (Å²) in [6, 6.07) is 7.73. The van der Waals surface area contributed by atoms with Crippen LogP contribution in [0.1, 0.15) is 18.1 Å². The van der Waals surface area contributed by atoms with Crippen LogP contribution in [-0.4, -0.2) is 29.0 Å². The Balaban J connectivity index is 1.54. The van der Waals surface area contributed by atoms with Crippen LogP contribution in [0, 0.1) is 11.7 Å². The van der Waals surface area contributed by atoms with Gasteiger partial charge < -0.3 is 10.1 Å². The van der Waals surface area contributed by atoms with Gasteiger partial charge in [-0.15, -0.1) is 0 Å². The molecule has 3 rings (SSSR count). The van der Waals surface area contributed by atoms with Crippen molar-refractivity contribution in [3.63, 3.8) is 0 Å². The summed E-state index contributed by atoms with van der Waals surface area (Å²) in [5.74, 6) is 0.397. The Morgan fingerprint density at radius 2 is 2.17 bits per heavy atom. The molecule has 1 fully saturated rings. The molecular weight excluding hydrogens is 299 g/mol. The maximum absolute atomic E-state index is 13.0. The van der Waals surface area contributed by atoms with Crippen molar-refractivity contribution in [2.45, 2.75) is 12.5 Å². The van der Waals surface area contributed by atoms with E-state index in [2.05, 4.69) is 15.7 Å². The second-order valence-corrected chi connectivity index (χ2v) is 5.60. The van der Waals surface area contributed by atoms with Gasteiger partial charge in [0.15, 0.2) is 5.82 Å². The van der Waals surface area contributed by atoms with E-state index >= 15 is 0 Å². The molecule has 2 heterocycles. The van der Waals surface area contributed by atoms with Gasteiger partial charge in [-0.2, -0.15) is 5.10 Å². The van der Waals surface area contributed by atoms with Gasteiger partial charge in [-0.05, 0) is 24.1 Å². The lowest BCUT2D eigenvalue weighted by Gasteiger charge is -2.19. The lowest BCUT2D eigenvalue weighted by Crippen LogP contribution is -2.34. The van der Waals surface area contributed by atoms with Gasteiger partial charge in [0.2, 0.25) is 0 Å². The van der Waals surface area contributed by atoms with Crippen LogP contribution >= 0.6 is 0 Å². The number of anilines is 1. The average molecular weight is 318 g/mol. The molecule has 7 heteroatoms. The van der Waals surface area contributed by atoms with Gasteiger partial charge >= 0.3 is 6.03 Å². The van der Waals surface area contributed by atoms with Gasteiger partial charge in [0.05, 0.1) is 6.10 Å². The number of hydrogen-bond donors (Lipinski definition) is 2. The van der Waals surface area contributed by atoms with E-state index in [0.29, 0.717) is 19.0 Å². The lowest BCUT2D eigenvalue weighted by atomic mass is 9.95. The molecule has 2 amide bonds. The van der Waals surface area contributed by atoms with Crippen molar-refractivity contribution >= 4 is 11.8 Å². The minimum atomic E-state index is -0.298. The molecule has 1 aliphatic rings. The zero-order valence-corrected chi connectivity index (χ0v) is 12.8. The SMILES string of the molecule is Cn1ccc(NC(=O)NC[C@@H]2CCO[C@H]2c2ccc(F)cc2)n1. The molecular formula is C16H19FN4O2. The molecule has 0 radical (unpaired) electrons. The second-order valence-electron chi connectivity index (χ2n) is 5.60. The molecule has 1 aromatic carbocycles. The molecule has 2 atom stereocenters. The standard InChI is InChI=1S/C16H19FN4O2/c1-21-8-6-14(20-21)19-16(22)18-10-12-7-9-23-15(12)11-2-4-13(17)5-3-11/h2-6,8,12,15H,7,9-10H2,1H3,(H2,18,19,20,22)/t12-,15-/m0/s1. The summed E-state index contributed by atoms with van der Waals surface area (Å²) in [4.78, 5) is 11.9. The summed E-state index contributed by atoms with van der Waals surface area (Å²) in [5.41, 5.74) is 0.931. The molecule has 0 spiro atoms. The predicted octanol–water partition coefficient (Wildman–Crippen LogP) is 2.46. The Morgan fingerprint density at radius 1 is 1.39 bits per heavy atom. The summed E-state index contributed by atoms with van der Waals surface area (Å²) in [6.45, 7) is 1.12. The molecule has 0 unspecified atom stereocenters. The van der Waals surface area contributed by atoms with E-state index in [1.807, 2.05) is 0 Å². The number of aromatic nitrogens is 2. The van der Waals surface area contributed by atoms with Crippen LogP contribution in [-0.2, 0) is 11.8 Å². The van der Waals surface area contributed by atoms with Gasteiger partial charge in [0.25, 0.3) is 0 Å². The van der Waals surface area contributed by atoms with Crippen LogP contribution in [0.3, 0.4) is 0 Å². The Bertz CT molecular complexity index is 671. The smallest absolute Gasteiger partial charge is 0.320 e. The highest BCUT2D eigenvalue weighted by Crippen LogP contribution is 2.34. The number of hydrogen-bond acceptors (Lipinski definition) is 3. The van der Waals surface area contributed by atoms with Crippen molar-refractivity contribution in [2.24, 2.45) is 13.0 Å². The first-order chi connectivity index (χ1) is 11.1. The number of ether oxygens (including phenoxy) is 1. The van der Waals surface area contributed by atoms with Crippen molar-refractivity contribution in [1.82, 2.24) is 15.1 Å². The third-order valence-electron chi connectivity index (χ3n) is 3.89. The van der Waals surface area contributed by atoms with Crippen LogP contribution < -0.4 is 10.6 Å². The average Bonchev–Trinajstić information content (AvgIpc) is 3.15. The van der Waals surface area contributed by atoms with Gasteiger partial charge in [-0.3, -0.25) is 10.00 Å². The first-order valence-electron chi connectivity index (χ1n) is 7.53. The molecule has 0 bridgehead atoms. The minimum Gasteiger partial charge on any atom is -0.373 e. The number of rotatable bonds is 4.